The highest BCUT2D eigenvalue weighted by Crippen LogP contribution is 2.44. The summed E-state index contributed by atoms with van der Waals surface area (Å²) in [6.07, 6.45) is 7.27. The van der Waals surface area contributed by atoms with Crippen LogP contribution in [0.4, 0.5) is 11.4 Å². The standard InChI is InChI=1S/C35H42N4O5/c1-5-8-16-27(22-13-9-10-14-22)39-35(44)29(21(4)37-39)31-32(41)30(33(31)42)24-19-18-23(38(6-2)7-3)20-26(24)36-34(43)25-15-11-12-17-28(25)40/h11-12,15,17-20,22,27,40-41H,5-10,13-14,16H2,1-4H3,(H,36,43)/b31-29+. The normalized spacial score (nSPS) is 19.4. The number of rotatable bonds is 11. The third kappa shape index (κ3) is 5.63. The molecule has 0 saturated heterocycles. The molecular formula is C35H42N4O5. The minimum Gasteiger partial charge on any atom is -0.507 e. The number of phenolic OH excluding ortho intramolecular Hbond substituents is 1. The van der Waals surface area contributed by atoms with Crippen molar-refractivity contribution < 1.29 is 24.6 Å². The number of para-hydroxylation sites is 1. The summed E-state index contributed by atoms with van der Waals surface area (Å²) in [7, 11) is 0. The van der Waals surface area contributed by atoms with Crippen LogP contribution < -0.4 is 10.2 Å². The van der Waals surface area contributed by atoms with Gasteiger partial charge >= 0.3 is 0 Å². The minimum absolute atomic E-state index is 0.0254. The Labute approximate surface area is 258 Å². The van der Waals surface area contributed by atoms with Crippen LogP contribution in [-0.4, -0.2) is 57.7 Å². The maximum absolute atomic E-state index is 13.8. The lowest BCUT2D eigenvalue weighted by Crippen LogP contribution is -2.39. The first-order valence-corrected chi connectivity index (χ1v) is 15.8. The number of amides is 2. The maximum Gasteiger partial charge on any atom is 0.277 e. The number of aliphatic hydroxyl groups is 1. The van der Waals surface area contributed by atoms with E-state index in [-0.39, 0.29) is 45.7 Å². The summed E-state index contributed by atoms with van der Waals surface area (Å²) >= 11 is 0. The van der Waals surface area contributed by atoms with E-state index in [1.165, 1.54) is 12.1 Å². The van der Waals surface area contributed by atoms with Crippen LogP contribution in [0.5, 0.6) is 5.75 Å². The molecule has 0 aromatic heterocycles. The van der Waals surface area contributed by atoms with Gasteiger partial charge in [-0.1, -0.05) is 44.7 Å². The second-order valence-corrected chi connectivity index (χ2v) is 11.8. The molecule has 1 atom stereocenters. The molecule has 1 aliphatic heterocycles. The fourth-order valence-corrected chi connectivity index (χ4v) is 6.73. The highest BCUT2D eigenvalue weighted by molar-refractivity contribution is 6.44. The Morgan fingerprint density at radius 2 is 1.73 bits per heavy atom. The van der Waals surface area contributed by atoms with Gasteiger partial charge in [0, 0.05) is 24.3 Å². The zero-order valence-corrected chi connectivity index (χ0v) is 26.0. The quantitative estimate of drug-likeness (QED) is 0.250. The number of aliphatic hydroxyl groups excluding tert-OH is 1. The van der Waals surface area contributed by atoms with Gasteiger partial charge in [0.05, 0.1) is 39.7 Å². The zero-order valence-electron chi connectivity index (χ0n) is 26.0. The number of Topliss-reactive ketones (excluding diaryl/α,β-unsaturated/α-hetero) is 1. The van der Waals surface area contributed by atoms with Crippen molar-refractivity contribution in [1.29, 1.82) is 0 Å². The number of hydrogen-bond donors (Lipinski definition) is 3. The molecule has 1 heterocycles. The lowest BCUT2D eigenvalue weighted by Gasteiger charge is -2.30. The van der Waals surface area contributed by atoms with Crippen molar-refractivity contribution in [2.75, 3.05) is 23.3 Å². The van der Waals surface area contributed by atoms with E-state index in [9.17, 15) is 24.6 Å². The molecule has 232 valence electrons. The average molecular weight is 599 g/mol. The topological polar surface area (TPSA) is 123 Å². The second-order valence-electron chi connectivity index (χ2n) is 11.8. The van der Waals surface area contributed by atoms with E-state index < -0.39 is 11.7 Å². The van der Waals surface area contributed by atoms with E-state index in [1.54, 1.807) is 36.2 Å². The Bertz CT molecular complexity index is 1560. The molecule has 2 aliphatic carbocycles. The number of ketones is 1. The van der Waals surface area contributed by atoms with Gasteiger partial charge in [-0.05, 0) is 76.3 Å². The molecule has 2 amide bonds. The highest BCUT2D eigenvalue weighted by atomic mass is 16.3. The Morgan fingerprint density at radius 1 is 1.02 bits per heavy atom. The maximum atomic E-state index is 13.8. The van der Waals surface area contributed by atoms with Crippen molar-refractivity contribution in [3.05, 3.63) is 70.5 Å². The van der Waals surface area contributed by atoms with E-state index in [2.05, 4.69) is 22.2 Å². The van der Waals surface area contributed by atoms with Crippen molar-refractivity contribution in [3.63, 3.8) is 0 Å². The smallest absolute Gasteiger partial charge is 0.277 e. The summed E-state index contributed by atoms with van der Waals surface area (Å²) in [5, 5.41) is 30.7. The number of hydrogen-bond acceptors (Lipinski definition) is 7. The fourth-order valence-electron chi connectivity index (χ4n) is 6.73. The van der Waals surface area contributed by atoms with Crippen LogP contribution in [-0.2, 0) is 9.59 Å². The molecule has 1 fully saturated rings. The molecular weight excluding hydrogens is 556 g/mol. The van der Waals surface area contributed by atoms with E-state index in [4.69, 9.17) is 0 Å². The molecule has 1 unspecified atom stereocenters. The number of aromatic hydroxyl groups is 1. The Hall–Kier alpha value is -4.40. The monoisotopic (exact) mass is 598 g/mol. The number of nitrogens with zero attached hydrogens (tertiary/aromatic N) is 3. The van der Waals surface area contributed by atoms with Gasteiger partial charge < -0.3 is 20.4 Å². The van der Waals surface area contributed by atoms with Crippen LogP contribution in [0.2, 0.25) is 0 Å². The van der Waals surface area contributed by atoms with E-state index in [0.717, 1.165) is 63.7 Å². The molecule has 1 saturated carbocycles. The van der Waals surface area contributed by atoms with E-state index in [0.29, 0.717) is 22.9 Å². The molecule has 9 heteroatoms. The number of phenols is 1. The third-order valence-corrected chi connectivity index (χ3v) is 9.13. The molecule has 2 aromatic rings. The van der Waals surface area contributed by atoms with Gasteiger partial charge in [-0.2, -0.15) is 5.10 Å². The molecule has 9 nitrogen and oxygen atoms in total. The van der Waals surface area contributed by atoms with Crippen LogP contribution in [0, 0.1) is 5.92 Å². The van der Waals surface area contributed by atoms with Crippen molar-refractivity contribution in [2.45, 2.75) is 78.7 Å². The predicted molar refractivity (Wildman–Crippen MR) is 173 cm³/mol. The lowest BCUT2D eigenvalue weighted by atomic mass is 9.79. The largest absolute Gasteiger partial charge is 0.507 e. The number of benzene rings is 2. The predicted octanol–water partition coefficient (Wildman–Crippen LogP) is 6.61. The zero-order chi connectivity index (χ0) is 31.5. The van der Waals surface area contributed by atoms with Gasteiger partial charge in [-0.25, -0.2) is 5.01 Å². The van der Waals surface area contributed by atoms with Crippen molar-refractivity contribution in [3.8, 4) is 5.75 Å². The SMILES string of the molecule is CCCCC(C1CCCC1)N1N=C(C)/C(=C2\C(=O)C(c3ccc(N(CC)CC)cc3NC(=O)c3ccccc3O)=C2O)C1=O. The van der Waals surface area contributed by atoms with Crippen molar-refractivity contribution in [1.82, 2.24) is 5.01 Å². The number of nitrogens with one attached hydrogen (secondary N) is 1. The molecule has 0 spiro atoms. The molecule has 3 aliphatic rings. The van der Waals surface area contributed by atoms with Crippen LogP contribution >= 0.6 is 0 Å². The van der Waals surface area contributed by atoms with Crippen LogP contribution in [0.15, 0.2) is 64.5 Å². The van der Waals surface area contributed by atoms with Crippen LogP contribution in [0.25, 0.3) is 5.57 Å². The Kier molecular flexibility index (Phi) is 9.22. The van der Waals surface area contributed by atoms with Crippen molar-refractivity contribution >= 4 is 40.3 Å². The molecule has 5 rings (SSSR count). The van der Waals surface area contributed by atoms with E-state index in [1.807, 2.05) is 19.9 Å². The highest BCUT2D eigenvalue weighted by Gasteiger charge is 2.45. The lowest BCUT2D eigenvalue weighted by molar-refractivity contribution is -0.129. The Balaban J connectivity index is 1.53. The third-order valence-electron chi connectivity index (χ3n) is 9.13. The first-order chi connectivity index (χ1) is 21.2. The van der Waals surface area contributed by atoms with Gasteiger partial charge in [-0.15, -0.1) is 0 Å². The summed E-state index contributed by atoms with van der Waals surface area (Å²) in [4.78, 5) is 42.9. The van der Waals surface area contributed by atoms with Gasteiger partial charge in [0.1, 0.15) is 11.5 Å². The molecule has 3 N–H and O–H groups in total. The van der Waals surface area contributed by atoms with E-state index >= 15 is 0 Å². The minimum atomic E-state index is -0.555. The summed E-state index contributed by atoms with van der Waals surface area (Å²) in [6, 6.07) is 11.5. The first kappa shape index (κ1) is 31.0. The van der Waals surface area contributed by atoms with Gasteiger partial charge in [0.2, 0.25) is 5.78 Å². The molecule has 2 aromatic carbocycles. The van der Waals surface area contributed by atoms with Crippen LogP contribution in [0.1, 0.15) is 88.6 Å². The number of carbonyl (C=O) groups excluding carboxylic acids is 3. The number of carbonyl (C=O) groups is 3. The number of hydrazone groups is 1. The van der Waals surface area contributed by atoms with Gasteiger partial charge in [-0.3, -0.25) is 14.4 Å². The summed E-state index contributed by atoms with van der Waals surface area (Å²) in [5.41, 5.74) is 2.13. The average Bonchev–Trinajstić information content (AvgIpc) is 3.64. The fraction of sp³-hybridized carbons (Fsp3) is 0.429. The first-order valence-electron chi connectivity index (χ1n) is 15.8. The summed E-state index contributed by atoms with van der Waals surface area (Å²) in [6.45, 7) is 9.33. The summed E-state index contributed by atoms with van der Waals surface area (Å²) in [5.74, 6) is -1.44. The second kappa shape index (κ2) is 13.1. The Morgan fingerprint density at radius 3 is 2.36 bits per heavy atom. The molecule has 0 radical (unpaired) electrons. The summed E-state index contributed by atoms with van der Waals surface area (Å²) < 4.78 is 0. The van der Waals surface area contributed by atoms with Crippen LogP contribution in [0.3, 0.4) is 0 Å². The van der Waals surface area contributed by atoms with Gasteiger partial charge in [0.25, 0.3) is 11.8 Å². The number of anilines is 2. The number of unbranched alkanes of at least 4 members (excludes halogenated alkanes) is 1. The number of allylic oxidation sites excluding steroid dienone is 2. The van der Waals surface area contributed by atoms with Gasteiger partial charge in [0.15, 0.2) is 0 Å². The molecule has 0 bridgehead atoms. The van der Waals surface area contributed by atoms with Crippen molar-refractivity contribution in [2.24, 2.45) is 11.0 Å². The molecule has 44 heavy (non-hydrogen) atoms.